The van der Waals surface area contributed by atoms with E-state index in [4.69, 9.17) is 4.74 Å². The van der Waals surface area contributed by atoms with Crippen molar-refractivity contribution in [2.45, 2.75) is 12.5 Å². The Bertz CT molecular complexity index is 615. The van der Waals surface area contributed by atoms with Gasteiger partial charge in [-0.25, -0.2) is 8.42 Å². The lowest BCUT2D eigenvalue weighted by atomic mass is 10.2. The molecule has 0 saturated carbocycles. The van der Waals surface area contributed by atoms with Gasteiger partial charge in [-0.2, -0.15) is 0 Å². The summed E-state index contributed by atoms with van der Waals surface area (Å²) in [4.78, 5) is 13.8. The summed E-state index contributed by atoms with van der Waals surface area (Å²) in [6.07, 6.45) is 0.493. The summed E-state index contributed by atoms with van der Waals surface area (Å²) in [6, 6.07) is 7.16. The molecule has 6 nitrogen and oxygen atoms in total. The lowest BCUT2D eigenvalue weighted by molar-refractivity contribution is -0.120. The molecule has 0 aliphatic carbocycles. The van der Waals surface area contributed by atoms with Gasteiger partial charge in [-0.05, 0) is 18.6 Å². The maximum atomic E-state index is 12.0. The zero-order chi connectivity index (χ0) is 15.5. The van der Waals surface area contributed by atoms with Crippen LogP contribution in [-0.4, -0.2) is 52.6 Å². The molecule has 1 N–H and O–H groups in total. The molecular formula is C14H20N2O4S. The van der Waals surface area contributed by atoms with Gasteiger partial charge in [-0.3, -0.25) is 4.79 Å². The molecule has 1 aromatic carbocycles. The van der Waals surface area contributed by atoms with Crippen LogP contribution in [0.25, 0.3) is 0 Å². The van der Waals surface area contributed by atoms with Crippen LogP contribution in [0.2, 0.25) is 0 Å². The van der Waals surface area contributed by atoms with E-state index >= 15 is 0 Å². The third kappa shape index (κ3) is 4.10. The molecule has 1 heterocycles. The minimum atomic E-state index is -2.98. The largest absolute Gasteiger partial charge is 0.495 e. The van der Waals surface area contributed by atoms with Gasteiger partial charge in [0.15, 0.2) is 9.84 Å². The highest BCUT2D eigenvalue weighted by atomic mass is 32.2. The molecule has 1 atom stereocenters. The lowest BCUT2D eigenvalue weighted by Gasteiger charge is -2.22. The van der Waals surface area contributed by atoms with Crippen LogP contribution in [0.5, 0.6) is 5.75 Å². The molecular weight excluding hydrogens is 292 g/mol. The normalized spacial score (nSPS) is 20.0. The van der Waals surface area contributed by atoms with Crippen LogP contribution in [0.3, 0.4) is 0 Å². The summed E-state index contributed by atoms with van der Waals surface area (Å²) in [5.74, 6) is 0.693. The standard InChI is InChI=1S/C14H20N2O4S/c1-16(12-5-3-4-6-13(12)20-2)9-14(17)15-11-7-8-21(18,19)10-11/h3-6,11H,7-10H2,1-2H3,(H,15,17)/t11-/m1/s1. The number of sulfone groups is 1. The molecule has 1 aromatic rings. The fourth-order valence-electron chi connectivity index (χ4n) is 2.43. The van der Waals surface area contributed by atoms with Gasteiger partial charge in [-0.1, -0.05) is 12.1 Å². The van der Waals surface area contributed by atoms with Crippen molar-refractivity contribution < 1.29 is 17.9 Å². The van der Waals surface area contributed by atoms with Crippen molar-refractivity contribution in [2.75, 3.05) is 37.1 Å². The SMILES string of the molecule is COc1ccccc1N(C)CC(=O)N[C@@H]1CCS(=O)(=O)C1. The highest BCUT2D eigenvalue weighted by Gasteiger charge is 2.29. The van der Waals surface area contributed by atoms with Crippen molar-refractivity contribution in [3.63, 3.8) is 0 Å². The van der Waals surface area contributed by atoms with Crippen LogP contribution in [0, 0.1) is 0 Å². The number of ether oxygens (including phenoxy) is 1. The van der Waals surface area contributed by atoms with Crippen molar-refractivity contribution in [1.29, 1.82) is 0 Å². The van der Waals surface area contributed by atoms with Crippen molar-refractivity contribution in [1.82, 2.24) is 5.32 Å². The predicted molar refractivity (Wildman–Crippen MR) is 81.5 cm³/mol. The maximum absolute atomic E-state index is 12.0. The minimum absolute atomic E-state index is 0.0388. The first-order valence-corrected chi connectivity index (χ1v) is 8.57. The highest BCUT2D eigenvalue weighted by Crippen LogP contribution is 2.26. The first kappa shape index (κ1) is 15.6. The van der Waals surface area contributed by atoms with Crippen molar-refractivity contribution in [2.24, 2.45) is 0 Å². The summed E-state index contributed by atoms with van der Waals surface area (Å²) >= 11 is 0. The average molecular weight is 312 g/mol. The third-order valence-corrected chi connectivity index (χ3v) is 5.24. The van der Waals surface area contributed by atoms with Crippen LogP contribution < -0.4 is 15.0 Å². The summed E-state index contributed by atoms with van der Waals surface area (Å²) < 4.78 is 28.0. The van der Waals surface area contributed by atoms with E-state index in [1.54, 1.807) is 19.1 Å². The number of nitrogens with zero attached hydrogens (tertiary/aromatic N) is 1. The zero-order valence-electron chi connectivity index (χ0n) is 12.2. The molecule has 0 aromatic heterocycles. The molecule has 116 valence electrons. The number of methoxy groups -OCH3 is 1. The molecule has 0 unspecified atom stereocenters. The Morgan fingerprint density at radius 2 is 2.14 bits per heavy atom. The van der Waals surface area contributed by atoms with Gasteiger partial charge in [0, 0.05) is 13.1 Å². The van der Waals surface area contributed by atoms with E-state index in [1.807, 2.05) is 24.3 Å². The number of benzene rings is 1. The number of anilines is 1. The molecule has 1 aliphatic rings. The number of likely N-dealkylation sites (N-methyl/N-ethyl adjacent to an activating group) is 1. The molecule has 0 spiro atoms. The smallest absolute Gasteiger partial charge is 0.239 e. The molecule has 1 saturated heterocycles. The number of para-hydroxylation sites is 2. The molecule has 7 heteroatoms. The number of amides is 1. The summed E-state index contributed by atoms with van der Waals surface area (Å²) in [7, 11) is 0.393. The van der Waals surface area contributed by atoms with E-state index in [0.29, 0.717) is 12.2 Å². The second-order valence-corrected chi connectivity index (χ2v) is 7.42. The third-order valence-electron chi connectivity index (χ3n) is 3.47. The van der Waals surface area contributed by atoms with Crippen LogP contribution in [0.1, 0.15) is 6.42 Å². The number of carbonyl (C=O) groups is 1. The van der Waals surface area contributed by atoms with Gasteiger partial charge in [0.2, 0.25) is 5.91 Å². The molecule has 1 fully saturated rings. The van der Waals surface area contributed by atoms with Gasteiger partial charge in [0.25, 0.3) is 0 Å². The van der Waals surface area contributed by atoms with E-state index in [0.717, 1.165) is 5.69 Å². The maximum Gasteiger partial charge on any atom is 0.239 e. The first-order chi connectivity index (χ1) is 9.91. The Morgan fingerprint density at radius 1 is 1.43 bits per heavy atom. The van der Waals surface area contributed by atoms with Crippen molar-refractivity contribution in [3.8, 4) is 5.75 Å². The van der Waals surface area contributed by atoms with E-state index < -0.39 is 9.84 Å². The van der Waals surface area contributed by atoms with Crippen LogP contribution in [0.4, 0.5) is 5.69 Å². The minimum Gasteiger partial charge on any atom is -0.495 e. The first-order valence-electron chi connectivity index (χ1n) is 6.75. The molecule has 1 aliphatic heterocycles. The lowest BCUT2D eigenvalue weighted by Crippen LogP contribution is -2.41. The van der Waals surface area contributed by atoms with Gasteiger partial charge < -0.3 is 15.0 Å². The van der Waals surface area contributed by atoms with Gasteiger partial charge in [-0.15, -0.1) is 0 Å². The van der Waals surface area contributed by atoms with E-state index in [2.05, 4.69) is 5.32 Å². The van der Waals surface area contributed by atoms with Crippen molar-refractivity contribution >= 4 is 21.4 Å². The van der Waals surface area contributed by atoms with Crippen LogP contribution in [0.15, 0.2) is 24.3 Å². The number of carbonyl (C=O) groups excluding carboxylic acids is 1. The average Bonchev–Trinajstić information content (AvgIpc) is 2.77. The number of hydrogen-bond donors (Lipinski definition) is 1. The fraction of sp³-hybridized carbons (Fsp3) is 0.500. The Hall–Kier alpha value is -1.76. The Morgan fingerprint density at radius 3 is 2.76 bits per heavy atom. The van der Waals surface area contributed by atoms with E-state index in [-0.39, 0.29) is 30.0 Å². The molecule has 0 radical (unpaired) electrons. The van der Waals surface area contributed by atoms with Crippen molar-refractivity contribution in [3.05, 3.63) is 24.3 Å². The predicted octanol–water partition coefficient (Wildman–Crippen LogP) is 0.435. The Labute approximate surface area is 125 Å². The summed E-state index contributed by atoms with van der Waals surface area (Å²) in [5, 5.41) is 2.77. The molecule has 2 rings (SSSR count). The van der Waals surface area contributed by atoms with Crippen LogP contribution >= 0.6 is 0 Å². The highest BCUT2D eigenvalue weighted by molar-refractivity contribution is 7.91. The zero-order valence-corrected chi connectivity index (χ0v) is 13.0. The van der Waals surface area contributed by atoms with Crippen LogP contribution in [-0.2, 0) is 14.6 Å². The second-order valence-electron chi connectivity index (χ2n) is 5.20. The fourth-order valence-corrected chi connectivity index (χ4v) is 4.10. The van der Waals surface area contributed by atoms with Gasteiger partial charge >= 0.3 is 0 Å². The monoisotopic (exact) mass is 312 g/mol. The number of hydrogen-bond acceptors (Lipinski definition) is 5. The molecule has 21 heavy (non-hydrogen) atoms. The topological polar surface area (TPSA) is 75.7 Å². The molecule has 0 bridgehead atoms. The number of nitrogens with one attached hydrogen (secondary N) is 1. The Balaban J connectivity index is 1.93. The summed E-state index contributed by atoms with van der Waals surface area (Å²) in [6.45, 7) is 0.150. The van der Waals surface area contributed by atoms with Gasteiger partial charge in [0.1, 0.15) is 5.75 Å². The second kappa shape index (κ2) is 6.34. The van der Waals surface area contributed by atoms with Gasteiger partial charge in [0.05, 0.1) is 30.8 Å². The number of rotatable bonds is 5. The molecule has 1 amide bonds. The van der Waals surface area contributed by atoms with E-state index in [1.165, 1.54) is 0 Å². The summed E-state index contributed by atoms with van der Waals surface area (Å²) in [5.41, 5.74) is 0.814. The van der Waals surface area contributed by atoms with E-state index in [9.17, 15) is 13.2 Å². The Kier molecular flexibility index (Phi) is 4.72. The quantitative estimate of drug-likeness (QED) is 0.853.